The van der Waals surface area contributed by atoms with Crippen LogP contribution in [0.2, 0.25) is 0 Å². The minimum absolute atomic E-state index is 0.488. The van der Waals surface area contributed by atoms with Gasteiger partial charge in [0.2, 0.25) is 0 Å². The number of hydrogen-bond donors (Lipinski definition) is 1. The van der Waals surface area contributed by atoms with Crippen LogP contribution in [0.25, 0.3) is 6.08 Å². The highest BCUT2D eigenvalue weighted by Crippen LogP contribution is 2.31. The van der Waals surface area contributed by atoms with Crippen molar-refractivity contribution in [3.8, 4) is 17.2 Å². The molecule has 0 aromatic heterocycles. The van der Waals surface area contributed by atoms with E-state index >= 15 is 0 Å². The van der Waals surface area contributed by atoms with E-state index in [0.29, 0.717) is 18.1 Å². The Hall–Kier alpha value is -2.97. The molecule has 3 aromatic carbocycles. The van der Waals surface area contributed by atoms with Crippen LogP contribution in [0.1, 0.15) is 11.1 Å². The number of ether oxygens (including phenoxy) is 1. The number of hydrogen-bond acceptors (Lipinski definition) is 4. The van der Waals surface area contributed by atoms with Crippen LogP contribution in [-0.4, -0.2) is 0 Å². The summed E-state index contributed by atoms with van der Waals surface area (Å²) < 4.78 is 16.8. The molecule has 0 fully saturated rings. The molecule has 1 N–H and O–H groups in total. The molecule has 5 heteroatoms. The summed E-state index contributed by atoms with van der Waals surface area (Å²) in [5, 5.41) is 7.95. The second-order valence-corrected chi connectivity index (χ2v) is 6.49. The zero-order valence-corrected chi connectivity index (χ0v) is 15.2. The molecule has 4 nitrogen and oxygen atoms in total. The molecule has 0 radical (unpaired) electrons. The van der Waals surface area contributed by atoms with E-state index in [-0.39, 0.29) is 0 Å². The summed E-state index contributed by atoms with van der Waals surface area (Å²) in [7, 11) is -2.17. The quantitative estimate of drug-likeness (QED) is 0.486. The van der Waals surface area contributed by atoms with Gasteiger partial charge in [0.05, 0.1) is 0 Å². The van der Waals surface area contributed by atoms with E-state index in [9.17, 15) is 0 Å². The largest absolute Gasteiger partial charge is 0.489 e. The van der Waals surface area contributed by atoms with Crippen molar-refractivity contribution in [2.45, 2.75) is 6.61 Å². The lowest BCUT2D eigenvalue weighted by molar-refractivity contribution is 0.306. The predicted molar refractivity (Wildman–Crippen MR) is 106 cm³/mol. The number of benzene rings is 3. The maximum atomic E-state index is 7.95. The van der Waals surface area contributed by atoms with Crippen molar-refractivity contribution in [2.24, 2.45) is 0 Å². The average molecular weight is 365 g/mol. The van der Waals surface area contributed by atoms with Crippen LogP contribution < -0.4 is 13.8 Å². The molecule has 0 bridgehead atoms. The summed E-state index contributed by atoms with van der Waals surface area (Å²) in [6, 6.07) is 24.5. The Kier molecular flexibility index (Phi) is 6.13. The molecular formula is C21H20NO3P. The van der Waals surface area contributed by atoms with Gasteiger partial charge in [0.15, 0.2) is 0 Å². The van der Waals surface area contributed by atoms with Gasteiger partial charge in [0.1, 0.15) is 23.9 Å². The van der Waals surface area contributed by atoms with Crippen molar-refractivity contribution in [1.29, 1.82) is 5.16 Å². The molecule has 0 aliphatic carbocycles. The monoisotopic (exact) mass is 365 g/mol. The molecule has 0 spiro atoms. The van der Waals surface area contributed by atoms with Crippen molar-refractivity contribution in [2.75, 3.05) is 0 Å². The Morgan fingerprint density at radius 2 is 1.35 bits per heavy atom. The van der Waals surface area contributed by atoms with Crippen molar-refractivity contribution in [1.82, 2.24) is 0 Å². The van der Waals surface area contributed by atoms with Gasteiger partial charge >= 0.3 is 0 Å². The fourth-order valence-electron chi connectivity index (χ4n) is 2.24. The lowest BCUT2D eigenvalue weighted by Crippen LogP contribution is -1.95. The van der Waals surface area contributed by atoms with Gasteiger partial charge in [-0.15, -0.1) is 0 Å². The van der Waals surface area contributed by atoms with Gasteiger partial charge in [-0.3, -0.25) is 5.16 Å². The first kappa shape index (κ1) is 17.8. The third kappa shape index (κ3) is 5.27. The molecule has 0 saturated heterocycles. The first-order valence-corrected chi connectivity index (χ1v) is 9.48. The van der Waals surface area contributed by atoms with Crippen LogP contribution in [0.5, 0.6) is 17.2 Å². The van der Waals surface area contributed by atoms with Crippen molar-refractivity contribution < 1.29 is 13.8 Å². The molecule has 3 aromatic rings. The molecule has 0 heterocycles. The van der Waals surface area contributed by atoms with E-state index in [1.54, 1.807) is 24.3 Å². The number of nitrogens with one attached hydrogen (secondary N) is 1. The lowest BCUT2D eigenvalue weighted by Gasteiger charge is -2.11. The van der Waals surface area contributed by atoms with E-state index in [4.69, 9.17) is 18.9 Å². The Morgan fingerprint density at radius 1 is 0.769 bits per heavy atom. The third-order valence-electron chi connectivity index (χ3n) is 3.61. The smallest absolute Gasteiger partial charge is 0.299 e. The first-order valence-electron chi connectivity index (χ1n) is 8.16. The highest BCUT2D eigenvalue weighted by atomic mass is 31.1. The van der Waals surface area contributed by atoms with E-state index in [2.05, 4.69) is 6.58 Å². The summed E-state index contributed by atoms with van der Waals surface area (Å²) in [5.41, 5.74) is 2.17. The minimum Gasteiger partial charge on any atom is -0.489 e. The zero-order chi connectivity index (χ0) is 18.2. The Balaban J connectivity index is 1.51. The SMILES string of the molecule is C=Cc1ccc(COc2ccc(O[PH](=N)Oc3ccccc3)cc2)cc1. The summed E-state index contributed by atoms with van der Waals surface area (Å²) >= 11 is 0. The highest BCUT2D eigenvalue weighted by molar-refractivity contribution is 7.35. The van der Waals surface area contributed by atoms with Crippen LogP contribution in [0.15, 0.2) is 85.4 Å². The predicted octanol–water partition coefficient (Wildman–Crippen LogP) is 6.17. The van der Waals surface area contributed by atoms with Crippen molar-refractivity contribution >= 4 is 14.2 Å². The second kappa shape index (κ2) is 8.93. The molecule has 1 atom stereocenters. The fraction of sp³-hybridized carbons (Fsp3) is 0.0476. The van der Waals surface area contributed by atoms with Gasteiger partial charge in [-0.1, -0.05) is 55.1 Å². The maximum absolute atomic E-state index is 7.95. The molecule has 3 rings (SSSR count). The lowest BCUT2D eigenvalue weighted by atomic mass is 10.1. The maximum Gasteiger partial charge on any atom is 0.299 e. The van der Waals surface area contributed by atoms with Crippen LogP contribution in [0, 0.1) is 5.16 Å². The Morgan fingerprint density at radius 3 is 1.96 bits per heavy atom. The van der Waals surface area contributed by atoms with E-state index in [1.807, 2.05) is 60.7 Å². The molecule has 0 aliphatic rings. The van der Waals surface area contributed by atoms with Crippen LogP contribution in [-0.2, 0) is 6.61 Å². The fourth-order valence-corrected chi connectivity index (χ4v) is 2.99. The topological polar surface area (TPSA) is 51.5 Å². The number of rotatable bonds is 8. The minimum atomic E-state index is -2.17. The summed E-state index contributed by atoms with van der Waals surface area (Å²) in [5.74, 6) is 1.97. The second-order valence-electron chi connectivity index (χ2n) is 5.51. The van der Waals surface area contributed by atoms with E-state index in [0.717, 1.165) is 16.9 Å². The summed E-state index contributed by atoms with van der Waals surface area (Å²) in [6.45, 7) is 4.23. The van der Waals surface area contributed by atoms with Crippen LogP contribution in [0.4, 0.5) is 0 Å². The summed E-state index contributed by atoms with van der Waals surface area (Å²) in [6.07, 6.45) is 1.81. The zero-order valence-electron chi connectivity index (χ0n) is 14.2. The molecule has 0 aliphatic heterocycles. The van der Waals surface area contributed by atoms with Crippen molar-refractivity contribution in [3.63, 3.8) is 0 Å². The van der Waals surface area contributed by atoms with Gasteiger partial charge in [0.25, 0.3) is 8.17 Å². The first-order chi connectivity index (χ1) is 12.7. The van der Waals surface area contributed by atoms with Gasteiger partial charge in [-0.25, -0.2) is 0 Å². The van der Waals surface area contributed by atoms with Gasteiger partial charge in [-0.05, 0) is 47.5 Å². The van der Waals surface area contributed by atoms with E-state index in [1.165, 1.54) is 0 Å². The standard InChI is InChI=1S/C21H20NO3P/c1-2-17-8-10-18(11-9-17)16-23-19-12-14-21(15-13-19)25-26(22)24-20-6-4-3-5-7-20/h2-15,22,26H,1,16H2. The molecule has 0 saturated carbocycles. The Bertz CT molecular complexity index is 862. The molecular weight excluding hydrogens is 345 g/mol. The van der Waals surface area contributed by atoms with Gasteiger partial charge in [0, 0.05) is 0 Å². The summed E-state index contributed by atoms with van der Waals surface area (Å²) in [4.78, 5) is 0. The molecule has 1 unspecified atom stereocenters. The van der Waals surface area contributed by atoms with Crippen LogP contribution >= 0.6 is 8.17 Å². The normalized spacial score (nSPS) is 11.4. The Labute approximate surface area is 154 Å². The third-order valence-corrected chi connectivity index (χ3v) is 4.45. The van der Waals surface area contributed by atoms with Gasteiger partial charge < -0.3 is 13.8 Å². The van der Waals surface area contributed by atoms with Crippen LogP contribution in [0.3, 0.4) is 0 Å². The molecule has 26 heavy (non-hydrogen) atoms. The molecule has 0 amide bonds. The highest BCUT2D eigenvalue weighted by Gasteiger charge is 2.02. The van der Waals surface area contributed by atoms with Gasteiger partial charge in [-0.2, -0.15) is 0 Å². The average Bonchev–Trinajstić information content (AvgIpc) is 2.68. The van der Waals surface area contributed by atoms with Crippen molar-refractivity contribution in [3.05, 3.63) is 96.6 Å². The molecule has 132 valence electrons. The van der Waals surface area contributed by atoms with E-state index < -0.39 is 8.17 Å². The number of para-hydroxylation sites is 1.